The zero-order valence-corrected chi connectivity index (χ0v) is 18.9. The molecular weight excluding hydrogens is 316 g/mol. The van der Waals surface area contributed by atoms with E-state index in [4.69, 9.17) is 0 Å². The maximum Gasteiger partial charge on any atom is 0.0761 e. The lowest BCUT2D eigenvalue weighted by atomic mass is 10.0. The predicted molar refractivity (Wildman–Crippen MR) is 117 cm³/mol. The Kier molecular flexibility index (Phi) is 6.76. The van der Waals surface area contributed by atoms with Crippen LogP contribution in [-0.4, -0.2) is 8.07 Å². The van der Waals surface area contributed by atoms with E-state index >= 15 is 0 Å². The molecule has 0 nitrogen and oxygen atoms in total. The summed E-state index contributed by atoms with van der Waals surface area (Å²) >= 11 is 0. The highest BCUT2D eigenvalue weighted by Crippen LogP contribution is 2.55. The molecule has 0 aromatic carbocycles. The van der Waals surface area contributed by atoms with Crippen LogP contribution >= 0.6 is 0 Å². The van der Waals surface area contributed by atoms with Gasteiger partial charge in [0.25, 0.3) is 0 Å². The van der Waals surface area contributed by atoms with E-state index in [9.17, 15) is 0 Å². The molecule has 0 amide bonds. The summed E-state index contributed by atoms with van der Waals surface area (Å²) < 4.78 is 0. The molecule has 0 radical (unpaired) electrons. The van der Waals surface area contributed by atoms with Crippen LogP contribution in [0.15, 0.2) is 46.6 Å². The maximum absolute atomic E-state index is 2.68. The van der Waals surface area contributed by atoms with E-state index in [1.165, 1.54) is 24.9 Å². The summed E-state index contributed by atoms with van der Waals surface area (Å²) in [4.78, 5) is 0. The molecule has 0 fully saturated rings. The Morgan fingerprint density at radius 1 is 0.720 bits per heavy atom. The first-order valence-electron chi connectivity index (χ1n) is 10.7. The SMILES string of the molecule is CCC1=CC([Si](CC)(CC)C2C=C(CC)C=C2C(C)C)C(C(C)C)=C1. The zero-order valence-electron chi connectivity index (χ0n) is 17.9. The van der Waals surface area contributed by atoms with Crippen LogP contribution in [-0.2, 0) is 0 Å². The van der Waals surface area contributed by atoms with Crippen LogP contribution in [0.1, 0.15) is 68.2 Å². The number of hydrogen-bond acceptors (Lipinski definition) is 0. The molecule has 1 heteroatoms. The largest absolute Gasteiger partial charge is 0.0768 e. The van der Waals surface area contributed by atoms with Gasteiger partial charge in [0.15, 0.2) is 0 Å². The van der Waals surface area contributed by atoms with Crippen molar-refractivity contribution in [3.8, 4) is 0 Å². The van der Waals surface area contributed by atoms with Gasteiger partial charge in [0.05, 0.1) is 8.07 Å². The fourth-order valence-corrected chi connectivity index (χ4v) is 11.0. The Morgan fingerprint density at radius 3 is 1.32 bits per heavy atom. The van der Waals surface area contributed by atoms with Gasteiger partial charge in [-0.15, -0.1) is 0 Å². The predicted octanol–water partition coefficient (Wildman–Crippen LogP) is 8.08. The highest BCUT2D eigenvalue weighted by Gasteiger charge is 2.48. The molecule has 2 unspecified atom stereocenters. The monoisotopic (exact) mass is 356 g/mol. The van der Waals surface area contributed by atoms with Crippen molar-refractivity contribution < 1.29 is 0 Å². The van der Waals surface area contributed by atoms with Crippen molar-refractivity contribution in [2.24, 2.45) is 11.8 Å². The first-order valence-corrected chi connectivity index (χ1v) is 13.3. The van der Waals surface area contributed by atoms with Gasteiger partial charge in [-0.2, -0.15) is 0 Å². The van der Waals surface area contributed by atoms with E-state index in [1.807, 2.05) is 0 Å². The second-order valence-corrected chi connectivity index (χ2v) is 13.8. The third-order valence-electron chi connectivity index (χ3n) is 6.89. The quantitative estimate of drug-likeness (QED) is 0.385. The Balaban J connectivity index is 2.56. The molecule has 2 rings (SSSR count). The van der Waals surface area contributed by atoms with E-state index in [2.05, 4.69) is 79.7 Å². The van der Waals surface area contributed by atoms with Gasteiger partial charge in [-0.3, -0.25) is 0 Å². The topological polar surface area (TPSA) is 0 Å². The minimum absolute atomic E-state index is 0.665. The third kappa shape index (κ3) is 3.68. The number of allylic oxidation sites excluding steroid dienone is 8. The Morgan fingerprint density at radius 2 is 1.08 bits per heavy atom. The van der Waals surface area contributed by atoms with Gasteiger partial charge in [-0.1, -0.05) is 114 Å². The molecule has 0 aromatic rings. The smallest absolute Gasteiger partial charge is 0.0761 e. The lowest BCUT2D eigenvalue weighted by molar-refractivity contribution is 0.718. The summed E-state index contributed by atoms with van der Waals surface area (Å²) in [5, 5.41) is 0. The minimum atomic E-state index is -1.53. The summed E-state index contributed by atoms with van der Waals surface area (Å²) in [5.74, 6) is 1.33. The molecule has 0 spiro atoms. The van der Waals surface area contributed by atoms with Crippen molar-refractivity contribution >= 4 is 8.07 Å². The highest BCUT2D eigenvalue weighted by atomic mass is 28.3. The average Bonchev–Trinajstić information content (AvgIpc) is 3.21. The molecule has 2 aliphatic carbocycles. The molecule has 25 heavy (non-hydrogen) atoms. The van der Waals surface area contributed by atoms with Crippen molar-refractivity contribution in [1.29, 1.82) is 0 Å². The van der Waals surface area contributed by atoms with Gasteiger partial charge in [-0.25, -0.2) is 0 Å². The maximum atomic E-state index is 2.68. The fraction of sp³-hybridized carbons (Fsp3) is 0.667. The molecule has 0 aromatic heterocycles. The number of hydrogen-bond donors (Lipinski definition) is 0. The minimum Gasteiger partial charge on any atom is -0.0768 e. The first kappa shape index (κ1) is 20.5. The van der Waals surface area contributed by atoms with Crippen LogP contribution in [0.25, 0.3) is 0 Å². The summed E-state index contributed by atoms with van der Waals surface area (Å²) in [5.41, 5.74) is 8.09. The van der Waals surface area contributed by atoms with Crippen molar-refractivity contribution in [2.45, 2.75) is 91.4 Å². The Hall–Kier alpha value is -0.823. The molecule has 140 valence electrons. The summed E-state index contributed by atoms with van der Waals surface area (Å²) in [6.45, 7) is 19.2. The van der Waals surface area contributed by atoms with E-state index in [0.29, 0.717) is 11.8 Å². The summed E-state index contributed by atoms with van der Waals surface area (Å²) in [6.07, 6.45) is 12.8. The molecule has 0 saturated heterocycles. The van der Waals surface area contributed by atoms with Crippen LogP contribution in [0.4, 0.5) is 0 Å². The molecule has 0 saturated carbocycles. The highest BCUT2D eigenvalue weighted by molar-refractivity contribution is 6.84. The molecule has 2 aliphatic rings. The van der Waals surface area contributed by atoms with E-state index in [-0.39, 0.29) is 0 Å². The van der Waals surface area contributed by atoms with E-state index in [0.717, 1.165) is 11.1 Å². The normalized spacial score (nSPS) is 23.9. The lowest BCUT2D eigenvalue weighted by Crippen LogP contribution is -2.44. The van der Waals surface area contributed by atoms with Crippen molar-refractivity contribution in [2.75, 3.05) is 0 Å². The van der Waals surface area contributed by atoms with Crippen molar-refractivity contribution in [1.82, 2.24) is 0 Å². The van der Waals surface area contributed by atoms with Gasteiger partial charge in [0.2, 0.25) is 0 Å². The zero-order chi connectivity index (χ0) is 18.8. The molecule has 2 atom stereocenters. The van der Waals surface area contributed by atoms with Crippen molar-refractivity contribution in [3.05, 3.63) is 46.6 Å². The molecule has 0 heterocycles. The standard InChI is InChI=1S/C24H40Si/c1-9-19-13-21(17(5)6)23(15-19)25(11-3,12-4)24-16-20(10-2)14-22(24)18(7)8/h13-18,23-24H,9-12H2,1-8H3. The van der Waals surface area contributed by atoms with Gasteiger partial charge in [0, 0.05) is 0 Å². The molecule has 0 bridgehead atoms. The Bertz CT molecular complexity index is 544. The van der Waals surface area contributed by atoms with Crippen LogP contribution in [0.2, 0.25) is 23.2 Å². The molecule has 0 N–H and O–H groups in total. The average molecular weight is 357 g/mol. The van der Waals surface area contributed by atoms with Crippen LogP contribution in [0.5, 0.6) is 0 Å². The van der Waals surface area contributed by atoms with E-state index < -0.39 is 8.07 Å². The fourth-order valence-electron chi connectivity index (χ4n) is 5.13. The van der Waals surface area contributed by atoms with Gasteiger partial charge in [-0.05, 0) is 35.8 Å². The van der Waals surface area contributed by atoms with Crippen molar-refractivity contribution in [3.63, 3.8) is 0 Å². The lowest BCUT2D eigenvalue weighted by Gasteiger charge is -2.43. The first-order chi connectivity index (χ1) is 11.8. The summed E-state index contributed by atoms with van der Waals surface area (Å²) in [6, 6.07) is 2.77. The Labute approximate surface area is 158 Å². The second kappa shape index (κ2) is 8.25. The number of rotatable bonds is 8. The third-order valence-corrected chi connectivity index (χ3v) is 13.0. The van der Waals surface area contributed by atoms with E-state index in [1.54, 1.807) is 22.3 Å². The van der Waals surface area contributed by atoms with Gasteiger partial charge in [0.1, 0.15) is 0 Å². The van der Waals surface area contributed by atoms with Crippen LogP contribution in [0, 0.1) is 11.8 Å². The van der Waals surface area contributed by atoms with Crippen LogP contribution < -0.4 is 0 Å². The molecule has 0 aliphatic heterocycles. The van der Waals surface area contributed by atoms with Gasteiger partial charge < -0.3 is 0 Å². The van der Waals surface area contributed by atoms with Gasteiger partial charge >= 0.3 is 0 Å². The molecular formula is C24H40Si. The summed E-state index contributed by atoms with van der Waals surface area (Å²) in [7, 11) is -1.53. The second-order valence-electron chi connectivity index (χ2n) is 8.68. The van der Waals surface area contributed by atoms with Crippen LogP contribution in [0.3, 0.4) is 0 Å².